The summed E-state index contributed by atoms with van der Waals surface area (Å²) in [6, 6.07) is 1.59. The van der Waals surface area contributed by atoms with Crippen molar-refractivity contribution in [1.29, 1.82) is 0 Å². The van der Waals surface area contributed by atoms with Crippen molar-refractivity contribution in [2.45, 2.75) is 18.8 Å². The van der Waals surface area contributed by atoms with Crippen LogP contribution >= 0.6 is 0 Å². The van der Waals surface area contributed by atoms with Gasteiger partial charge in [0.2, 0.25) is 0 Å². The van der Waals surface area contributed by atoms with Crippen LogP contribution in [0.25, 0.3) is 0 Å². The number of aromatic nitrogens is 1. The fourth-order valence-electron chi connectivity index (χ4n) is 1.79. The Balaban J connectivity index is 2.14. The van der Waals surface area contributed by atoms with E-state index >= 15 is 0 Å². The number of pyridine rings is 1. The molecule has 13 heavy (non-hydrogen) atoms. The predicted molar refractivity (Wildman–Crippen MR) is 49.0 cm³/mol. The van der Waals surface area contributed by atoms with Crippen molar-refractivity contribution in [2.75, 3.05) is 13.1 Å². The SMILES string of the molecule is Fc1cncc([C@@H]2CCCNC2)c1. The van der Waals surface area contributed by atoms with Crippen molar-refractivity contribution in [3.05, 3.63) is 29.8 Å². The summed E-state index contributed by atoms with van der Waals surface area (Å²) >= 11 is 0. The van der Waals surface area contributed by atoms with Gasteiger partial charge in [0, 0.05) is 12.7 Å². The second-order valence-electron chi connectivity index (χ2n) is 3.48. The number of hydrogen-bond acceptors (Lipinski definition) is 2. The number of piperidine rings is 1. The molecule has 1 N–H and O–H groups in total. The van der Waals surface area contributed by atoms with Crippen LogP contribution in [0.4, 0.5) is 4.39 Å². The third-order valence-corrected chi connectivity index (χ3v) is 2.49. The molecule has 0 saturated carbocycles. The van der Waals surface area contributed by atoms with Gasteiger partial charge in [0.15, 0.2) is 0 Å². The molecule has 2 rings (SSSR count). The molecule has 0 unspecified atom stereocenters. The maximum atomic E-state index is 12.8. The Morgan fingerprint density at radius 2 is 2.38 bits per heavy atom. The minimum absolute atomic E-state index is 0.233. The number of rotatable bonds is 1. The first-order valence-corrected chi connectivity index (χ1v) is 4.67. The molecule has 0 bridgehead atoms. The molecule has 0 spiro atoms. The molecule has 1 aliphatic rings. The van der Waals surface area contributed by atoms with Crippen LogP contribution in [0.2, 0.25) is 0 Å². The minimum atomic E-state index is -0.233. The zero-order valence-electron chi connectivity index (χ0n) is 7.46. The Hall–Kier alpha value is -0.960. The van der Waals surface area contributed by atoms with Gasteiger partial charge in [0.05, 0.1) is 6.20 Å². The molecule has 0 amide bonds. The van der Waals surface area contributed by atoms with Gasteiger partial charge in [-0.2, -0.15) is 0 Å². The summed E-state index contributed by atoms with van der Waals surface area (Å²) in [6.45, 7) is 2.03. The van der Waals surface area contributed by atoms with Crippen LogP contribution < -0.4 is 5.32 Å². The Labute approximate surface area is 77.2 Å². The molecule has 0 aromatic carbocycles. The van der Waals surface area contributed by atoms with Crippen LogP contribution in [0.3, 0.4) is 0 Å². The van der Waals surface area contributed by atoms with Gasteiger partial charge in [-0.1, -0.05) is 0 Å². The molecular formula is C10H13FN2. The molecule has 1 fully saturated rings. The molecule has 1 atom stereocenters. The van der Waals surface area contributed by atoms with E-state index in [0.29, 0.717) is 5.92 Å². The molecule has 1 aromatic rings. The van der Waals surface area contributed by atoms with Crippen LogP contribution in [0.15, 0.2) is 18.5 Å². The van der Waals surface area contributed by atoms with Gasteiger partial charge in [0.1, 0.15) is 5.82 Å². The average molecular weight is 180 g/mol. The molecule has 0 radical (unpaired) electrons. The Morgan fingerprint density at radius 1 is 1.46 bits per heavy atom. The summed E-state index contributed by atoms with van der Waals surface area (Å²) in [5.41, 5.74) is 1.02. The van der Waals surface area contributed by atoms with Crippen LogP contribution in [0.1, 0.15) is 24.3 Å². The highest BCUT2D eigenvalue weighted by atomic mass is 19.1. The maximum absolute atomic E-state index is 12.8. The summed E-state index contributed by atoms with van der Waals surface area (Å²) in [5.74, 6) is 0.208. The van der Waals surface area contributed by atoms with Gasteiger partial charge in [0.25, 0.3) is 0 Å². The van der Waals surface area contributed by atoms with E-state index in [1.807, 2.05) is 0 Å². The lowest BCUT2D eigenvalue weighted by Crippen LogP contribution is -2.28. The lowest BCUT2D eigenvalue weighted by molar-refractivity contribution is 0.458. The average Bonchev–Trinajstić information content (AvgIpc) is 2.19. The van der Waals surface area contributed by atoms with Gasteiger partial charge in [-0.25, -0.2) is 4.39 Å². The van der Waals surface area contributed by atoms with Crippen molar-refractivity contribution in [3.63, 3.8) is 0 Å². The zero-order valence-corrected chi connectivity index (χ0v) is 7.46. The normalized spacial score (nSPS) is 23.0. The zero-order chi connectivity index (χ0) is 9.10. The topological polar surface area (TPSA) is 24.9 Å². The molecule has 2 heterocycles. The van der Waals surface area contributed by atoms with E-state index in [1.165, 1.54) is 12.6 Å². The second-order valence-corrected chi connectivity index (χ2v) is 3.48. The Morgan fingerprint density at radius 3 is 3.08 bits per heavy atom. The van der Waals surface area contributed by atoms with Crippen LogP contribution in [0, 0.1) is 5.82 Å². The molecular weight excluding hydrogens is 167 g/mol. The minimum Gasteiger partial charge on any atom is -0.316 e. The van der Waals surface area contributed by atoms with Gasteiger partial charge in [-0.15, -0.1) is 0 Å². The first-order chi connectivity index (χ1) is 6.36. The fraction of sp³-hybridized carbons (Fsp3) is 0.500. The summed E-state index contributed by atoms with van der Waals surface area (Å²) in [5, 5.41) is 3.30. The molecule has 1 saturated heterocycles. The largest absolute Gasteiger partial charge is 0.316 e. The first kappa shape index (κ1) is 8.63. The Kier molecular flexibility index (Phi) is 2.54. The summed E-state index contributed by atoms with van der Waals surface area (Å²) in [4.78, 5) is 3.86. The van der Waals surface area contributed by atoms with Crippen molar-refractivity contribution in [1.82, 2.24) is 10.3 Å². The van der Waals surface area contributed by atoms with E-state index in [0.717, 1.165) is 25.1 Å². The van der Waals surface area contributed by atoms with Crippen molar-refractivity contribution in [3.8, 4) is 0 Å². The highest BCUT2D eigenvalue weighted by molar-refractivity contribution is 5.16. The third kappa shape index (κ3) is 2.04. The first-order valence-electron chi connectivity index (χ1n) is 4.67. The highest BCUT2D eigenvalue weighted by Gasteiger charge is 2.15. The predicted octanol–water partition coefficient (Wildman–Crippen LogP) is 1.69. The smallest absolute Gasteiger partial charge is 0.141 e. The number of hydrogen-bond donors (Lipinski definition) is 1. The molecule has 70 valence electrons. The van der Waals surface area contributed by atoms with E-state index in [9.17, 15) is 4.39 Å². The van der Waals surface area contributed by atoms with Crippen LogP contribution in [0.5, 0.6) is 0 Å². The summed E-state index contributed by atoms with van der Waals surface area (Å²) in [7, 11) is 0. The molecule has 1 aromatic heterocycles. The van der Waals surface area contributed by atoms with E-state index < -0.39 is 0 Å². The standard InChI is InChI=1S/C10H13FN2/c11-10-4-9(6-13-7-10)8-2-1-3-12-5-8/h4,6-8,12H,1-3,5H2/t8-/m1/s1. The van der Waals surface area contributed by atoms with Crippen molar-refractivity contribution < 1.29 is 4.39 Å². The lowest BCUT2D eigenvalue weighted by atomic mass is 9.93. The van der Waals surface area contributed by atoms with Gasteiger partial charge < -0.3 is 5.32 Å². The highest BCUT2D eigenvalue weighted by Crippen LogP contribution is 2.22. The monoisotopic (exact) mass is 180 g/mol. The summed E-state index contributed by atoms with van der Waals surface area (Å²) < 4.78 is 12.8. The molecule has 0 aliphatic carbocycles. The van der Waals surface area contributed by atoms with Gasteiger partial charge in [-0.3, -0.25) is 4.98 Å². The second kappa shape index (κ2) is 3.83. The van der Waals surface area contributed by atoms with E-state index in [1.54, 1.807) is 12.3 Å². The fourth-order valence-corrected chi connectivity index (χ4v) is 1.79. The summed E-state index contributed by atoms with van der Waals surface area (Å²) in [6.07, 6.45) is 5.32. The van der Waals surface area contributed by atoms with E-state index in [4.69, 9.17) is 0 Å². The van der Waals surface area contributed by atoms with Crippen LogP contribution in [-0.4, -0.2) is 18.1 Å². The molecule has 3 heteroatoms. The number of halogens is 1. The van der Waals surface area contributed by atoms with E-state index in [-0.39, 0.29) is 5.82 Å². The van der Waals surface area contributed by atoms with Crippen molar-refractivity contribution in [2.24, 2.45) is 0 Å². The molecule has 2 nitrogen and oxygen atoms in total. The maximum Gasteiger partial charge on any atom is 0.141 e. The molecule has 1 aliphatic heterocycles. The van der Waals surface area contributed by atoms with Crippen LogP contribution in [-0.2, 0) is 0 Å². The lowest BCUT2D eigenvalue weighted by Gasteiger charge is -2.22. The number of nitrogens with one attached hydrogen (secondary N) is 1. The number of nitrogens with zero attached hydrogens (tertiary/aromatic N) is 1. The quantitative estimate of drug-likeness (QED) is 0.711. The van der Waals surface area contributed by atoms with Crippen molar-refractivity contribution >= 4 is 0 Å². The Bertz CT molecular complexity index is 282. The van der Waals surface area contributed by atoms with E-state index in [2.05, 4.69) is 10.3 Å². The van der Waals surface area contributed by atoms with Gasteiger partial charge in [-0.05, 0) is 36.9 Å². The van der Waals surface area contributed by atoms with Gasteiger partial charge >= 0.3 is 0 Å². The third-order valence-electron chi connectivity index (χ3n) is 2.49.